The first-order valence-electron chi connectivity index (χ1n) is 3.16. The Morgan fingerprint density at radius 2 is 1.70 bits per heavy atom. The third-order valence-electron chi connectivity index (χ3n) is 1.03. The lowest BCUT2D eigenvalue weighted by Crippen LogP contribution is -1.77. The van der Waals surface area contributed by atoms with E-state index < -0.39 is 0 Å². The van der Waals surface area contributed by atoms with Gasteiger partial charge in [0.1, 0.15) is 0 Å². The van der Waals surface area contributed by atoms with Gasteiger partial charge < -0.3 is 10.8 Å². The number of hydrogen-bond acceptors (Lipinski definition) is 2. The summed E-state index contributed by atoms with van der Waals surface area (Å²) in [7, 11) is 1.50. The van der Waals surface area contributed by atoms with E-state index in [1.54, 1.807) is 0 Å². The van der Waals surface area contributed by atoms with Crippen LogP contribution in [0.1, 0.15) is 5.56 Å². The van der Waals surface area contributed by atoms with Gasteiger partial charge >= 0.3 is 0 Å². The number of aliphatic hydroxyl groups excluding tert-OH is 1. The zero-order valence-corrected chi connectivity index (χ0v) is 6.12. The quantitative estimate of drug-likeness (QED) is 0.603. The molecule has 2 nitrogen and oxygen atoms in total. The van der Waals surface area contributed by atoms with Crippen molar-refractivity contribution in [2.24, 2.45) is 5.73 Å². The molecule has 0 spiro atoms. The van der Waals surface area contributed by atoms with Gasteiger partial charge in [0.15, 0.2) is 0 Å². The van der Waals surface area contributed by atoms with Crippen molar-refractivity contribution in [1.82, 2.24) is 0 Å². The minimum atomic E-state index is 0.140. The van der Waals surface area contributed by atoms with E-state index in [-0.39, 0.29) is 6.61 Å². The fourth-order valence-corrected chi connectivity index (χ4v) is 0.583. The summed E-state index contributed by atoms with van der Waals surface area (Å²) in [5.74, 6) is 0. The Balaban J connectivity index is 0.000000371. The summed E-state index contributed by atoms with van der Waals surface area (Å²) in [6.07, 6.45) is 0. The van der Waals surface area contributed by atoms with Crippen LogP contribution in [-0.2, 0) is 6.61 Å². The Bertz CT molecular complexity index is 151. The second kappa shape index (κ2) is 6.26. The van der Waals surface area contributed by atoms with E-state index in [1.165, 1.54) is 7.05 Å². The van der Waals surface area contributed by atoms with E-state index >= 15 is 0 Å². The Labute approximate surface area is 61.3 Å². The molecule has 3 N–H and O–H groups in total. The lowest BCUT2D eigenvalue weighted by Gasteiger charge is -1.89. The van der Waals surface area contributed by atoms with Gasteiger partial charge in [-0.1, -0.05) is 30.3 Å². The summed E-state index contributed by atoms with van der Waals surface area (Å²) in [6.45, 7) is 0.140. The molecule has 0 aliphatic carbocycles. The Kier molecular flexibility index (Phi) is 5.72. The zero-order valence-electron chi connectivity index (χ0n) is 6.12. The zero-order chi connectivity index (χ0) is 7.82. The summed E-state index contributed by atoms with van der Waals surface area (Å²) in [5, 5.41) is 8.54. The molecule has 1 aromatic rings. The van der Waals surface area contributed by atoms with Crippen LogP contribution in [0.4, 0.5) is 0 Å². The van der Waals surface area contributed by atoms with E-state index in [0.717, 1.165) is 5.56 Å². The second-order valence-electron chi connectivity index (χ2n) is 1.64. The van der Waals surface area contributed by atoms with Crippen molar-refractivity contribution in [3.63, 3.8) is 0 Å². The standard InChI is InChI=1S/C7H8O.CH5N/c8-6-7-4-2-1-3-5-7;1-2/h1-5,8H,6H2;2H2,1H3. The molecule has 0 aromatic heterocycles. The van der Waals surface area contributed by atoms with Crippen LogP contribution in [0.15, 0.2) is 30.3 Å². The number of aliphatic hydroxyl groups is 1. The number of rotatable bonds is 1. The normalized spacial score (nSPS) is 7.90. The van der Waals surface area contributed by atoms with Crippen LogP contribution in [0.5, 0.6) is 0 Å². The monoisotopic (exact) mass is 139 g/mol. The van der Waals surface area contributed by atoms with Crippen LogP contribution in [0, 0.1) is 0 Å². The van der Waals surface area contributed by atoms with Crippen molar-refractivity contribution >= 4 is 0 Å². The maximum absolute atomic E-state index is 8.54. The van der Waals surface area contributed by atoms with Gasteiger partial charge in [0.05, 0.1) is 6.61 Å². The van der Waals surface area contributed by atoms with Gasteiger partial charge in [-0.15, -0.1) is 0 Å². The number of benzene rings is 1. The first kappa shape index (κ1) is 9.14. The van der Waals surface area contributed by atoms with Gasteiger partial charge in [0.2, 0.25) is 0 Å². The van der Waals surface area contributed by atoms with Crippen LogP contribution >= 0.6 is 0 Å². The fraction of sp³-hybridized carbons (Fsp3) is 0.250. The Morgan fingerprint density at radius 3 is 2.00 bits per heavy atom. The van der Waals surface area contributed by atoms with E-state index in [1.807, 2.05) is 30.3 Å². The third kappa shape index (κ3) is 3.22. The van der Waals surface area contributed by atoms with Crippen LogP contribution in [0.3, 0.4) is 0 Å². The van der Waals surface area contributed by atoms with Gasteiger partial charge in [-0.25, -0.2) is 0 Å². The lowest BCUT2D eigenvalue weighted by atomic mass is 10.2. The topological polar surface area (TPSA) is 46.2 Å². The number of nitrogens with two attached hydrogens (primary N) is 1. The molecule has 0 aliphatic heterocycles. The molecule has 0 saturated heterocycles. The molecular weight excluding hydrogens is 126 g/mol. The van der Waals surface area contributed by atoms with Gasteiger partial charge in [0, 0.05) is 0 Å². The van der Waals surface area contributed by atoms with Crippen molar-refractivity contribution in [1.29, 1.82) is 0 Å². The van der Waals surface area contributed by atoms with Crippen molar-refractivity contribution in [2.75, 3.05) is 7.05 Å². The fourth-order valence-electron chi connectivity index (χ4n) is 0.583. The lowest BCUT2D eigenvalue weighted by molar-refractivity contribution is 0.282. The number of hydrogen-bond donors (Lipinski definition) is 2. The van der Waals surface area contributed by atoms with Gasteiger partial charge in [-0.3, -0.25) is 0 Å². The average Bonchev–Trinajstić information content (AvgIpc) is 2.10. The minimum Gasteiger partial charge on any atom is -0.392 e. The van der Waals surface area contributed by atoms with Gasteiger partial charge in [-0.2, -0.15) is 0 Å². The molecule has 0 radical (unpaired) electrons. The largest absolute Gasteiger partial charge is 0.392 e. The molecule has 2 heteroatoms. The second-order valence-corrected chi connectivity index (χ2v) is 1.64. The van der Waals surface area contributed by atoms with Crippen LogP contribution in [0.25, 0.3) is 0 Å². The van der Waals surface area contributed by atoms with Crippen LogP contribution in [0.2, 0.25) is 0 Å². The third-order valence-corrected chi connectivity index (χ3v) is 1.03. The first-order valence-corrected chi connectivity index (χ1v) is 3.16. The maximum Gasteiger partial charge on any atom is 0.0681 e. The highest BCUT2D eigenvalue weighted by Gasteiger charge is 1.81. The van der Waals surface area contributed by atoms with Gasteiger partial charge in [-0.05, 0) is 12.6 Å². The SMILES string of the molecule is CN.OCc1ccccc1. The summed E-state index contributed by atoms with van der Waals surface area (Å²) < 4.78 is 0. The highest BCUT2D eigenvalue weighted by atomic mass is 16.3. The van der Waals surface area contributed by atoms with Gasteiger partial charge in [0.25, 0.3) is 0 Å². The molecule has 0 aliphatic rings. The molecular formula is C8H13NO. The molecule has 1 aromatic carbocycles. The molecule has 56 valence electrons. The van der Waals surface area contributed by atoms with Crippen molar-refractivity contribution in [3.05, 3.63) is 35.9 Å². The molecule has 10 heavy (non-hydrogen) atoms. The summed E-state index contributed by atoms with van der Waals surface area (Å²) in [4.78, 5) is 0. The molecule has 0 unspecified atom stereocenters. The molecule has 1 rings (SSSR count). The van der Waals surface area contributed by atoms with E-state index in [4.69, 9.17) is 5.11 Å². The molecule has 0 fully saturated rings. The predicted octanol–water partition coefficient (Wildman–Crippen LogP) is 0.754. The van der Waals surface area contributed by atoms with Crippen molar-refractivity contribution < 1.29 is 5.11 Å². The Morgan fingerprint density at radius 1 is 1.20 bits per heavy atom. The highest BCUT2D eigenvalue weighted by molar-refractivity contribution is 5.12. The smallest absolute Gasteiger partial charge is 0.0681 e. The molecule has 0 saturated carbocycles. The minimum absolute atomic E-state index is 0.140. The van der Waals surface area contributed by atoms with Crippen LogP contribution in [-0.4, -0.2) is 12.2 Å². The summed E-state index contributed by atoms with van der Waals surface area (Å²) in [6, 6.07) is 9.52. The maximum atomic E-state index is 8.54. The molecule has 0 atom stereocenters. The highest BCUT2D eigenvalue weighted by Crippen LogP contribution is 1.95. The Hall–Kier alpha value is -0.860. The van der Waals surface area contributed by atoms with E-state index in [0.29, 0.717) is 0 Å². The van der Waals surface area contributed by atoms with Crippen molar-refractivity contribution in [3.8, 4) is 0 Å². The summed E-state index contributed by atoms with van der Waals surface area (Å²) >= 11 is 0. The van der Waals surface area contributed by atoms with E-state index in [9.17, 15) is 0 Å². The molecule has 0 bridgehead atoms. The average molecular weight is 139 g/mol. The molecule has 0 amide bonds. The molecule has 0 heterocycles. The van der Waals surface area contributed by atoms with Crippen molar-refractivity contribution in [2.45, 2.75) is 6.61 Å². The predicted molar refractivity (Wildman–Crippen MR) is 42.5 cm³/mol. The van der Waals surface area contributed by atoms with Crippen LogP contribution < -0.4 is 5.73 Å². The summed E-state index contributed by atoms with van der Waals surface area (Å²) in [5.41, 5.74) is 5.47. The first-order chi connectivity index (χ1) is 4.93. The van der Waals surface area contributed by atoms with E-state index in [2.05, 4.69) is 5.73 Å².